The lowest BCUT2D eigenvalue weighted by molar-refractivity contribution is 0.434. The number of hydrogen-bond acceptors (Lipinski definition) is 5. The smallest absolute Gasteiger partial charge is 0.276 e. The normalized spacial score (nSPS) is 17.9. The van der Waals surface area contributed by atoms with Crippen LogP contribution in [0.4, 0.5) is 5.82 Å². The molecule has 2 N–H and O–H groups in total. The van der Waals surface area contributed by atoms with Crippen LogP contribution in [0.5, 0.6) is 0 Å². The molecule has 1 aliphatic rings. The van der Waals surface area contributed by atoms with Gasteiger partial charge in [-0.05, 0) is 18.6 Å². The molecule has 1 aromatic carbocycles. The molecular formula is C13H17N5O2S. The van der Waals surface area contributed by atoms with Crippen molar-refractivity contribution in [2.24, 2.45) is 5.14 Å². The third kappa shape index (κ3) is 3.12. The molecule has 0 radical (unpaired) electrons. The summed E-state index contributed by atoms with van der Waals surface area (Å²) >= 11 is 0. The highest BCUT2D eigenvalue weighted by molar-refractivity contribution is 7.86. The number of aromatic nitrogens is 2. The van der Waals surface area contributed by atoms with Crippen LogP contribution in [-0.4, -0.2) is 48.9 Å². The Labute approximate surface area is 123 Å². The van der Waals surface area contributed by atoms with Crippen molar-refractivity contribution in [3.63, 3.8) is 0 Å². The number of fused-ring (bicyclic) bond motifs is 1. The van der Waals surface area contributed by atoms with E-state index in [2.05, 4.69) is 9.97 Å². The van der Waals surface area contributed by atoms with E-state index >= 15 is 0 Å². The lowest BCUT2D eigenvalue weighted by Gasteiger charge is -2.21. The van der Waals surface area contributed by atoms with Crippen LogP contribution < -0.4 is 10.0 Å². The second-order valence-electron chi connectivity index (χ2n) is 5.00. The van der Waals surface area contributed by atoms with Crippen LogP contribution in [0.2, 0.25) is 0 Å². The van der Waals surface area contributed by atoms with Crippen molar-refractivity contribution >= 4 is 27.1 Å². The third-order valence-electron chi connectivity index (χ3n) is 3.57. The van der Waals surface area contributed by atoms with Crippen molar-refractivity contribution in [2.45, 2.75) is 6.42 Å². The fraction of sp³-hybridized carbons (Fsp3) is 0.385. The van der Waals surface area contributed by atoms with Gasteiger partial charge in [0.2, 0.25) is 0 Å². The van der Waals surface area contributed by atoms with Gasteiger partial charge >= 0.3 is 0 Å². The molecule has 112 valence electrons. The monoisotopic (exact) mass is 307 g/mol. The molecule has 0 atom stereocenters. The van der Waals surface area contributed by atoms with E-state index in [4.69, 9.17) is 5.14 Å². The maximum atomic E-state index is 11.4. The summed E-state index contributed by atoms with van der Waals surface area (Å²) in [6, 6.07) is 7.68. The van der Waals surface area contributed by atoms with Crippen LogP contribution in [0.1, 0.15) is 6.42 Å². The topological polar surface area (TPSA) is 92.4 Å². The number of rotatable bonds is 2. The highest BCUT2D eigenvalue weighted by atomic mass is 32.2. The fourth-order valence-electron chi connectivity index (χ4n) is 2.48. The molecule has 3 rings (SSSR count). The molecule has 0 aliphatic carbocycles. The SMILES string of the molecule is NS(=O)(=O)N1CCCN(c2cnc3ccccc3n2)CC1. The number of hydrogen-bond donors (Lipinski definition) is 1. The molecule has 0 amide bonds. The molecule has 1 aliphatic heterocycles. The van der Waals surface area contributed by atoms with Crippen molar-refractivity contribution in [2.75, 3.05) is 31.1 Å². The minimum atomic E-state index is -3.62. The maximum Gasteiger partial charge on any atom is 0.276 e. The first kappa shape index (κ1) is 14.2. The van der Waals surface area contributed by atoms with Gasteiger partial charge in [0.25, 0.3) is 10.2 Å². The minimum Gasteiger partial charge on any atom is -0.354 e. The van der Waals surface area contributed by atoms with Crippen LogP contribution in [0.15, 0.2) is 30.5 Å². The Bertz CT molecular complexity index is 749. The van der Waals surface area contributed by atoms with Gasteiger partial charge in [-0.3, -0.25) is 4.98 Å². The van der Waals surface area contributed by atoms with Gasteiger partial charge in [0.05, 0.1) is 17.2 Å². The lowest BCUT2D eigenvalue weighted by Crippen LogP contribution is -2.39. The van der Waals surface area contributed by atoms with Crippen LogP contribution in [0.25, 0.3) is 11.0 Å². The second kappa shape index (κ2) is 5.55. The molecule has 8 heteroatoms. The zero-order valence-electron chi connectivity index (χ0n) is 11.5. The van der Waals surface area contributed by atoms with Crippen LogP contribution in [-0.2, 0) is 10.2 Å². The number of benzene rings is 1. The summed E-state index contributed by atoms with van der Waals surface area (Å²) in [5.74, 6) is 0.768. The summed E-state index contributed by atoms with van der Waals surface area (Å²) in [4.78, 5) is 11.0. The zero-order valence-corrected chi connectivity index (χ0v) is 12.3. The van der Waals surface area contributed by atoms with Gasteiger partial charge in [0, 0.05) is 26.2 Å². The standard InChI is InChI=1S/C13H17N5O2S/c14-21(19,20)18-7-3-6-17(8-9-18)13-10-15-11-4-1-2-5-12(11)16-13/h1-2,4-5,10H,3,6-9H2,(H2,14,19,20). The number of nitrogens with two attached hydrogens (primary N) is 1. The first-order chi connectivity index (χ1) is 10.0. The van der Waals surface area contributed by atoms with E-state index < -0.39 is 10.2 Å². The molecule has 2 aromatic rings. The van der Waals surface area contributed by atoms with Gasteiger partial charge in [0.1, 0.15) is 5.82 Å². The Morgan fingerprint density at radius 2 is 1.81 bits per heavy atom. The molecule has 7 nitrogen and oxygen atoms in total. The van der Waals surface area contributed by atoms with Crippen LogP contribution >= 0.6 is 0 Å². The molecule has 2 heterocycles. The number of nitrogens with zero attached hydrogens (tertiary/aromatic N) is 4. The molecule has 1 saturated heterocycles. The van der Waals surface area contributed by atoms with E-state index in [-0.39, 0.29) is 0 Å². The number of anilines is 1. The molecule has 1 fully saturated rings. The van der Waals surface area contributed by atoms with Crippen molar-refractivity contribution in [1.29, 1.82) is 0 Å². The summed E-state index contributed by atoms with van der Waals surface area (Å²) in [5.41, 5.74) is 1.68. The minimum absolute atomic E-state index is 0.368. The van der Waals surface area contributed by atoms with Gasteiger partial charge in [-0.25, -0.2) is 10.1 Å². The summed E-state index contributed by atoms with van der Waals surface area (Å²) in [6.07, 6.45) is 2.44. The molecular weight excluding hydrogens is 290 g/mol. The molecule has 0 bridgehead atoms. The molecule has 0 saturated carbocycles. The van der Waals surface area contributed by atoms with E-state index in [0.717, 1.165) is 23.4 Å². The maximum absolute atomic E-state index is 11.4. The van der Waals surface area contributed by atoms with Crippen molar-refractivity contribution in [3.8, 4) is 0 Å². The van der Waals surface area contributed by atoms with Crippen LogP contribution in [0, 0.1) is 0 Å². The average molecular weight is 307 g/mol. The highest BCUT2D eigenvalue weighted by Gasteiger charge is 2.22. The zero-order chi connectivity index (χ0) is 14.9. The predicted octanol–water partition coefficient (Wildman–Crippen LogP) is 0.345. The number of para-hydroxylation sites is 2. The summed E-state index contributed by atoms with van der Waals surface area (Å²) in [7, 11) is -3.62. The largest absolute Gasteiger partial charge is 0.354 e. The van der Waals surface area contributed by atoms with Gasteiger partial charge in [-0.1, -0.05) is 12.1 Å². The van der Waals surface area contributed by atoms with Gasteiger partial charge in [-0.15, -0.1) is 0 Å². The first-order valence-electron chi connectivity index (χ1n) is 6.79. The Kier molecular flexibility index (Phi) is 3.75. The van der Waals surface area contributed by atoms with E-state index in [1.165, 1.54) is 4.31 Å². The summed E-state index contributed by atoms with van der Waals surface area (Å²) < 4.78 is 24.1. The second-order valence-corrected chi connectivity index (χ2v) is 6.55. The summed E-state index contributed by atoms with van der Waals surface area (Å²) in [6.45, 7) is 2.10. The lowest BCUT2D eigenvalue weighted by atomic mass is 10.3. The summed E-state index contributed by atoms with van der Waals surface area (Å²) in [5, 5.41) is 5.19. The predicted molar refractivity (Wildman–Crippen MR) is 81.0 cm³/mol. The highest BCUT2D eigenvalue weighted by Crippen LogP contribution is 2.17. The molecule has 21 heavy (non-hydrogen) atoms. The fourth-order valence-corrected chi connectivity index (χ4v) is 3.20. The third-order valence-corrected chi connectivity index (χ3v) is 4.66. The Balaban J connectivity index is 1.82. The first-order valence-corrected chi connectivity index (χ1v) is 8.29. The molecule has 1 aromatic heterocycles. The van der Waals surface area contributed by atoms with E-state index in [1.54, 1.807) is 6.20 Å². The molecule has 0 spiro atoms. The van der Waals surface area contributed by atoms with Gasteiger partial charge in [-0.2, -0.15) is 12.7 Å². The van der Waals surface area contributed by atoms with E-state index in [9.17, 15) is 8.42 Å². The van der Waals surface area contributed by atoms with Crippen molar-refractivity contribution in [3.05, 3.63) is 30.5 Å². The van der Waals surface area contributed by atoms with Gasteiger partial charge < -0.3 is 4.90 Å². The van der Waals surface area contributed by atoms with Crippen molar-refractivity contribution in [1.82, 2.24) is 14.3 Å². The van der Waals surface area contributed by atoms with Crippen LogP contribution in [0.3, 0.4) is 0 Å². The Morgan fingerprint density at radius 1 is 1.05 bits per heavy atom. The van der Waals surface area contributed by atoms with E-state index in [0.29, 0.717) is 26.1 Å². The Morgan fingerprint density at radius 3 is 2.57 bits per heavy atom. The Hall–Kier alpha value is -1.77. The molecule has 0 unspecified atom stereocenters. The van der Waals surface area contributed by atoms with E-state index in [1.807, 2.05) is 29.2 Å². The van der Waals surface area contributed by atoms with Crippen molar-refractivity contribution < 1.29 is 8.42 Å². The quantitative estimate of drug-likeness (QED) is 0.864. The average Bonchev–Trinajstić information content (AvgIpc) is 2.72. The van der Waals surface area contributed by atoms with Gasteiger partial charge in [0.15, 0.2) is 0 Å².